The SMILES string of the molecule is COc1ccc(NS(=O)(=O)c2cc(NC(=O)C=Cc3ccc(Br)o3)ccc2N2CCCC2)cc1. The molecule has 1 saturated heterocycles. The molecule has 3 aromatic rings. The molecule has 34 heavy (non-hydrogen) atoms. The minimum atomic E-state index is -3.93. The number of methoxy groups -OCH3 is 1. The zero-order valence-electron chi connectivity index (χ0n) is 18.5. The Hall–Kier alpha value is -3.24. The molecule has 1 fully saturated rings. The van der Waals surface area contributed by atoms with Crippen molar-refractivity contribution in [1.29, 1.82) is 0 Å². The molecule has 0 saturated carbocycles. The number of anilines is 3. The Morgan fingerprint density at radius 3 is 2.41 bits per heavy atom. The maximum absolute atomic E-state index is 13.4. The van der Waals surface area contributed by atoms with Crippen molar-refractivity contribution < 1.29 is 22.4 Å². The lowest BCUT2D eigenvalue weighted by molar-refractivity contribution is -0.111. The summed E-state index contributed by atoms with van der Waals surface area (Å²) in [6.07, 6.45) is 4.85. The standard InChI is InChI=1S/C24H24BrN3O5S/c1-32-19-7-4-17(5-8-19)27-34(30,31)22-16-18(6-11-21(22)28-14-2-3-15-28)26-24(29)13-10-20-9-12-23(25)33-20/h4-13,16,27H,2-3,14-15H2,1H3,(H,26,29). The van der Waals surface area contributed by atoms with E-state index in [9.17, 15) is 13.2 Å². The van der Waals surface area contributed by atoms with Crippen molar-refractivity contribution in [1.82, 2.24) is 0 Å². The smallest absolute Gasteiger partial charge is 0.264 e. The van der Waals surface area contributed by atoms with Crippen molar-refractivity contribution in [2.45, 2.75) is 17.7 Å². The number of nitrogens with zero attached hydrogens (tertiary/aromatic N) is 1. The van der Waals surface area contributed by atoms with E-state index < -0.39 is 15.9 Å². The zero-order chi connectivity index (χ0) is 24.1. The second kappa shape index (κ2) is 10.4. The minimum absolute atomic E-state index is 0.0990. The largest absolute Gasteiger partial charge is 0.497 e. The van der Waals surface area contributed by atoms with Gasteiger partial charge in [0.1, 0.15) is 16.4 Å². The second-order valence-electron chi connectivity index (χ2n) is 7.68. The van der Waals surface area contributed by atoms with Gasteiger partial charge in [0.2, 0.25) is 5.91 Å². The Kier molecular flexibility index (Phi) is 7.28. The van der Waals surface area contributed by atoms with E-state index in [2.05, 4.69) is 26.0 Å². The van der Waals surface area contributed by atoms with Crippen LogP contribution < -0.4 is 19.7 Å². The molecule has 0 unspecified atom stereocenters. The fourth-order valence-electron chi connectivity index (χ4n) is 3.66. The van der Waals surface area contributed by atoms with E-state index in [1.165, 1.54) is 18.2 Å². The highest BCUT2D eigenvalue weighted by Crippen LogP contribution is 2.32. The van der Waals surface area contributed by atoms with Gasteiger partial charge in [0, 0.05) is 30.5 Å². The van der Waals surface area contributed by atoms with Crippen LogP contribution in [0.2, 0.25) is 0 Å². The number of ether oxygens (including phenoxy) is 1. The van der Waals surface area contributed by atoms with Gasteiger partial charge < -0.3 is 19.4 Å². The molecule has 0 atom stereocenters. The molecule has 1 aliphatic rings. The Labute approximate surface area is 206 Å². The molecule has 1 aromatic heterocycles. The van der Waals surface area contributed by atoms with E-state index in [0.717, 1.165) is 25.9 Å². The van der Waals surface area contributed by atoms with Crippen LogP contribution in [0.4, 0.5) is 17.1 Å². The molecule has 0 spiro atoms. The lowest BCUT2D eigenvalue weighted by Gasteiger charge is -2.22. The van der Waals surface area contributed by atoms with Gasteiger partial charge in [-0.25, -0.2) is 8.42 Å². The second-order valence-corrected chi connectivity index (χ2v) is 10.1. The number of carbonyl (C=O) groups excluding carboxylic acids is 1. The molecule has 4 rings (SSSR count). The van der Waals surface area contributed by atoms with Crippen molar-refractivity contribution >= 4 is 55.0 Å². The van der Waals surface area contributed by atoms with Gasteiger partial charge in [-0.2, -0.15) is 0 Å². The highest BCUT2D eigenvalue weighted by atomic mass is 79.9. The predicted molar refractivity (Wildman–Crippen MR) is 136 cm³/mol. The number of carbonyl (C=O) groups is 1. The Morgan fingerprint density at radius 1 is 1.06 bits per heavy atom. The summed E-state index contributed by atoms with van der Waals surface area (Å²) in [5, 5.41) is 2.72. The van der Waals surface area contributed by atoms with Crippen LogP contribution in [0.1, 0.15) is 18.6 Å². The maximum Gasteiger partial charge on any atom is 0.264 e. The monoisotopic (exact) mass is 545 g/mol. The van der Waals surface area contributed by atoms with Crippen LogP contribution in [0.25, 0.3) is 6.08 Å². The van der Waals surface area contributed by atoms with Gasteiger partial charge in [-0.15, -0.1) is 0 Å². The fraction of sp³-hybridized carbons (Fsp3) is 0.208. The van der Waals surface area contributed by atoms with Gasteiger partial charge in [-0.05, 0) is 89.4 Å². The summed E-state index contributed by atoms with van der Waals surface area (Å²) in [4.78, 5) is 14.6. The number of amides is 1. The summed E-state index contributed by atoms with van der Waals surface area (Å²) >= 11 is 3.21. The third-order valence-corrected chi connectivity index (χ3v) is 7.14. The third-order valence-electron chi connectivity index (χ3n) is 5.30. The summed E-state index contributed by atoms with van der Waals surface area (Å²) in [5.74, 6) is 0.728. The summed E-state index contributed by atoms with van der Waals surface area (Å²) in [5.41, 5.74) is 1.39. The van der Waals surface area contributed by atoms with E-state index in [4.69, 9.17) is 9.15 Å². The van der Waals surface area contributed by atoms with Gasteiger partial charge in [0.15, 0.2) is 4.67 Å². The first kappa shape index (κ1) is 23.9. The molecular formula is C24H24BrN3O5S. The van der Waals surface area contributed by atoms with Crippen LogP contribution in [0.15, 0.2) is 74.7 Å². The molecule has 178 valence electrons. The van der Waals surface area contributed by atoms with Gasteiger partial charge in [0.25, 0.3) is 10.0 Å². The molecule has 2 aromatic carbocycles. The van der Waals surface area contributed by atoms with Crippen molar-refractivity contribution in [2.75, 3.05) is 35.1 Å². The van der Waals surface area contributed by atoms with E-state index in [1.807, 2.05) is 4.90 Å². The summed E-state index contributed by atoms with van der Waals surface area (Å²) < 4.78 is 40.4. The number of benzene rings is 2. The number of hydrogen-bond acceptors (Lipinski definition) is 6. The van der Waals surface area contributed by atoms with E-state index in [1.54, 1.807) is 55.6 Å². The topological polar surface area (TPSA) is 101 Å². The maximum atomic E-state index is 13.4. The Balaban J connectivity index is 1.59. The lowest BCUT2D eigenvalue weighted by Crippen LogP contribution is -2.23. The Morgan fingerprint density at radius 2 is 1.76 bits per heavy atom. The highest BCUT2D eigenvalue weighted by Gasteiger charge is 2.25. The average molecular weight is 546 g/mol. The van der Waals surface area contributed by atoms with E-state index in [0.29, 0.717) is 33.2 Å². The van der Waals surface area contributed by atoms with Gasteiger partial charge >= 0.3 is 0 Å². The van der Waals surface area contributed by atoms with Crippen molar-refractivity contribution in [3.63, 3.8) is 0 Å². The van der Waals surface area contributed by atoms with E-state index in [-0.39, 0.29) is 4.90 Å². The van der Waals surface area contributed by atoms with Crippen LogP contribution in [0.5, 0.6) is 5.75 Å². The molecule has 1 amide bonds. The minimum Gasteiger partial charge on any atom is -0.497 e. The van der Waals surface area contributed by atoms with Crippen LogP contribution in [0.3, 0.4) is 0 Å². The summed E-state index contributed by atoms with van der Waals surface area (Å²) in [7, 11) is -2.39. The molecule has 8 nitrogen and oxygen atoms in total. The summed E-state index contributed by atoms with van der Waals surface area (Å²) in [6.45, 7) is 1.55. The predicted octanol–water partition coefficient (Wildman–Crippen LogP) is 5.10. The van der Waals surface area contributed by atoms with E-state index >= 15 is 0 Å². The average Bonchev–Trinajstić information content (AvgIpc) is 3.50. The van der Waals surface area contributed by atoms with Crippen LogP contribution >= 0.6 is 15.9 Å². The van der Waals surface area contributed by atoms with Crippen molar-refractivity contribution in [2.24, 2.45) is 0 Å². The number of furan rings is 1. The van der Waals surface area contributed by atoms with Gasteiger partial charge in [0.05, 0.1) is 12.8 Å². The van der Waals surface area contributed by atoms with Crippen LogP contribution in [-0.4, -0.2) is 34.5 Å². The molecule has 2 N–H and O–H groups in total. The van der Waals surface area contributed by atoms with Gasteiger partial charge in [-0.1, -0.05) is 0 Å². The van der Waals surface area contributed by atoms with Crippen LogP contribution in [-0.2, 0) is 14.8 Å². The van der Waals surface area contributed by atoms with Crippen LogP contribution in [0, 0.1) is 0 Å². The fourth-order valence-corrected chi connectivity index (χ4v) is 5.29. The quantitative estimate of drug-likeness (QED) is 0.381. The van der Waals surface area contributed by atoms with Gasteiger partial charge in [-0.3, -0.25) is 9.52 Å². The number of hydrogen-bond donors (Lipinski definition) is 2. The third kappa shape index (κ3) is 5.81. The first-order valence-corrected chi connectivity index (χ1v) is 12.9. The highest BCUT2D eigenvalue weighted by molar-refractivity contribution is 9.10. The number of halogens is 1. The molecule has 2 heterocycles. The first-order chi connectivity index (χ1) is 16.3. The number of sulfonamides is 1. The lowest BCUT2D eigenvalue weighted by atomic mass is 10.2. The molecule has 0 aliphatic carbocycles. The summed E-state index contributed by atoms with van der Waals surface area (Å²) in [6, 6.07) is 15.0. The molecule has 0 radical (unpaired) electrons. The molecule has 10 heteroatoms. The number of nitrogens with one attached hydrogen (secondary N) is 2. The zero-order valence-corrected chi connectivity index (χ0v) is 20.9. The normalized spacial score (nSPS) is 13.9. The van der Waals surface area contributed by atoms with Crippen molar-refractivity contribution in [3.05, 3.63) is 71.1 Å². The number of rotatable bonds is 8. The first-order valence-electron chi connectivity index (χ1n) is 10.6. The molecular weight excluding hydrogens is 522 g/mol. The molecule has 0 bridgehead atoms. The Bertz CT molecular complexity index is 1300. The van der Waals surface area contributed by atoms with Crippen molar-refractivity contribution in [3.8, 4) is 5.75 Å². The molecule has 1 aliphatic heterocycles.